The average Bonchev–Trinajstić information content (AvgIpc) is 2.44. The number of hydrogen-bond acceptors (Lipinski definition) is 3. The Morgan fingerprint density at radius 2 is 1.95 bits per heavy atom. The maximum absolute atomic E-state index is 12.4. The van der Waals surface area contributed by atoms with Gasteiger partial charge in [0.1, 0.15) is 0 Å². The Labute approximate surface area is 117 Å². The Morgan fingerprint density at radius 1 is 1.30 bits per heavy atom. The second-order valence-electron chi connectivity index (χ2n) is 4.53. The summed E-state index contributed by atoms with van der Waals surface area (Å²) in [6.07, 6.45) is -1.64. The SMILES string of the molecule is NC(CCc1ccccc1)C(=O)N(CCO)CC(F)F. The second-order valence-corrected chi connectivity index (χ2v) is 4.53. The first-order chi connectivity index (χ1) is 9.54. The minimum Gasteiger partial charge on any atom is -0.395 e. The Kier molecular flexibility index (Phi) is 7.11. The molecular formula is C14H20F2N2O2. The first-order valence-corrected chi connectivity index (χ1v) is 6.52. The number of aliphatic hydroxyl groups is 1. The zero-order chi connectivity index (χ0) is 15.0. The van der Waals surface area contributed by atoms with Crippen molar-refractivity contribution in [1.29, 1.82) is 0 Å². The van der Waals surface area contributed by atoms with Crippen LogP contribution in [0.15, 0.2) is 30.3 Å². The van der Waals surface area contributed by atoms with Gasteiger partial charge in [0.15, 0.2) is 0 Å². The predicted octanol–water partition coefficient (Wildman–Crippen LogP) is 1.03. The third-order valence-corrected chi connectivity index (χ3v) is 2.94. The van der Waals surface area contributed by atoms with Crippen molar-refractivity contribution in [3.8, 4) is 0 Å². The van der Waals surface area contributed by atoms with Crippen LogP contribution in [-0.4, -0.2) is 48.1 Å². The van der Waals surface area contributed by atoms with E-state index in [9.17, 15) is 13.6 Å². The fourth-order valence-electron chi connectivity index (χ4n) is 1.90. The highest BCUT2D eigenvalue weighted by molar-refractivity contribution is 5.81. The minimum absolute atomic E-state index is 0.123. The van der Waals surface area contributed by atoms with E-state index in [1.807, 2.05) is 30.3 Å². The number of carbonyl (C=O) groups excluding carboxylic acids is 1. The van der Waals surface area contributed by atoms with Crippen LogP contribution < -0.4 is 5.73 Å². The van der Waals surface area contributed by atoms with Crippen molar-refractivity contribution < 1.29 is 18.7 Å². The van der Waals surface area contributed by atoms with Gasteiger partial charge in [-0.2, -0.15) is 0 Å². The molecule has 6 heteroatoms. The lowest BCUT2D eigenvalue weighted by atomic mass is 10.0. The molecule has 1 aromatic rings. The minimum atomic E-state index is -2.63. The third-order valence-electron chi connectivity index (χ3n) is 2.94. The predicted molar refractivity (Wildman–Crippen MR) is 72.4 cm³/mol. The molecule has 0 bridgehead atoms. The lowest BCUT2D eigenvalue weighted by molar-refractivity contribution is -0.135. The van der Waals surface area contributed by atoms with Gasteiger partial charge in [-0.1, -0.05) is 30.3 Å². The molecule has 1 atom stereocenters. The van der Waals surface area contributed by atoms with E-state index in [1.165, 1.54) is 0 Å². The molecule has 3 N–H and O–H groups in total. The molecule has 0 saturated heterocycles. The number of hydrogen-bond donors (Lipinski definition) is 2. The first kappa shape index (κ1) is 16.5. The van der Waals surface area contributed by atoms with Crippen molar-refractivity contribution in [3.05, 3.63) is 35.9 Å². The number of halogens is 2. The normalized spacial score (nSPS) is 12.4. The van der Waals surface area contributed by atoms with E-state index in [0.717, 1.165) is 10.5 Å². The van der Waals surface area contributed by atoms with Crippen molar-refractivity contribution in [2.24, 2.45) is 5.73 Å². The van der Waals surface area contributed by atoms with Crippen LogP contribution in [0.4, 0.5) is 8.78 Å². The zero-order valence-electron chi connectivity index (χ0n) is 11.2. The van der Waals surface area contributed by atoms with E-state index < -0.39 is 24.9 Å². The topological polar surface area (TPSA) is 66.6 Å². The summed E-state index contributed by atoms with van der Waals surface area (Å²) in [6.45, 7) is -1.18. The molecule has 0 fully saturated rings. The number of amides is 1. The van der Waals surface area contributed by atoms with E-state index in [4.69, 9.17) is 10.8 Å². The summed E-state index contributed by atoms with van der Waals surface area (Å²) in [5.41, 5.74) is 6.79. The van der Waals surface area contributed by atoms with Crippen LogP contribution in [0, 0.1) is 0 Å². The van der Waals surface area contributed by atoms with Crippen molar-refractivity contribution in [2.75, 3.05) is 19.7 Å². The lowest BCUT2D eigenvalue weighted by Crippen LogP contribution is -2.47. The Bertz CT molecular complexity index is 401. The van der Waals surface area contributed by atoms with Crippen LogP contribution >= 0.6 is 0 Å². The summed E-state index contributed by atoms with van der Waals surface area (Å²) in [6, 6.07) is 8.67. The molecule has 0 aromatic heterocycles. The van der Waals surface area contributed by atoms with E-state index in [-0.39, 0.29) is 13.2 Å². The Balaban J connectivity index is 2.51. The third kappa shape index (κ3) is 5.63. The van der Waals surface area contributed by atoms with Crippen LogP contribution in [-0.2, 0) is 11.2 Å². The Morgan fingerprint density at radius 3 is 2.50 bits per heavy atom. The fraction of sp³-hybridized carbons (Fsp3) is 0.500. The summed E-state index contributed by atoms with van der Waals surface area (Å²) >= 11 is 0. The molecule has 0 spiro atoms. The number of carbonyl (C=O) groups is 1. The molecule has 0 aliphatic carbocycles. The maximum Gasteiger partial charge on any atom is 0.255 e. The van der Waals surface area contributed by atoms with Gasteiger partial charge in [-0.3, -0.25) is 4.79 Å². The molecule has 1 rings (SSSR count). The zero-order valence-corrected chi connectivity index (χ0v) is 11.2. The van der Waals surface area contributed by atoms with Gasteiger partial charge in [0, 0.05) is 6.54 Å². The van der Waals surface area contributed by atoms with Crippen molar-refractivity contribution in [2.45, 2.75) is 25.3 Å². The van der Waals surface area contributed by atoms with Gasteiger partial charge < -0.3 is 15.7 Å². The number of nitrogens with two attached hydrogens (primary N) is 1. The quantitative estimate of drug-likeness (QED) is 0.750. The largest absolute Gasteiger partial charge is 0.395 e. The molecule has 0 radical (unpaired) electrons. The molecule has 4 nitrogen and oxygen atoms in total. The lowest BCUT2D eigenvalue weighted by Gasteiger charge is -2.24. The van der Waals surface area contributed by atoms with Crippen molar-refractivity contribution >= 4 is 5.91 Å². The molecule has 0 saturated carbocycles. The molecule has 1 amide bonds. The highest BCUT2D eigenvalue weighted by atomic mass is 19.3. The summed E-state index contributed by atoms with van der Waals surface area (Å²) in [4.78, 5) is 12.9. The van der Waals surface area contributed by atoms with Gasteiger partial charge in [-0.05, 0) is 18.4 Å². The molecule has 0 heterocycles. The molecule has 20 heavy (non-hydrogen) atoms. The summed E-state index contributed by atoms with van der Waals surface area (Å²) in [5.74, 6) is -0.546. The van der Waals surface area contributed by atoms with Gasteiger partial charge >= 0.3 is 0 Å². The number of rotatable bonds is 8. The molecule has 1 aromatic carbocycles. The number of aryl methyl sites for hydroxylation is 1. The van der Waals surface area contributed by atoms with Crippen LogP contribution in [0.2, 0.25) is 0 Å². The number of aliphatic hydroxyl groups excluding tert-OH is 1. The molecule has 112 valence electrons. The molecule has 0 aliphatic rings. The monoisotopic (exact) mass is 286 g/mol. The standard InChI is InChI=1S/C14H20F2N2O2/c15-13(16)10-18(8-9-19)14(20)12(17)7-6-11-4-2-1-3-5-11/h1-5,12-13,19H,6-10,17H2. The van der Waals surface area contributed by atoms with Crippen LogP contribution in [0.1, 0.15) is 12.0 Å². The van der Waals surface area contributed by atoms with Crippen LogP contribution in [0.3, 0.4) is 0 Å². The van der Waals surface area contributed by atoms with Crippen molar-refractivity contribution in [3.63, 3.8) is 0 Å². The van der Waals surface area contributed by atoms with Gasteiger partial charge in [0.05, 0.1) is 19.2 Å². The second kappa shape index (κ2) is 8.60. The smallest absolute Gasteiger partial charge is 0.255 e. The van der Waals surface area contributed by atoms with Crippen LogP contribution in [0.25, 0.3) is 0 Å². The first-order valence-electron chi connectivity index (χ1n) is 6.52. The van der Waals surface area contributed by atoms with E-state index in [1.54, 1.807) is 0 Å². The summed E-state index contributed by atoms with van der Waals surface area (Å²) in [5, 5.41) is 8.81. The summed E-state index contributed by atoms with van der Waals surface area (Å²) < 4.78 is 24.7. The highest BCUT2D eigenvalue weighted by Gasteiger charge is 2.23. The molecular weight excluding hydrogens is 266 g/mol. The van der Waals surface area contributed by atoms with Gasteiger partial charge in [-0.15, -0.1) is 0 Å². The van der Waals surface area contributed by atoms with E-state index >= 15 is 0 Å². The fourth-order valence-corrected chi connectivity index (χ4v) is 1.90. The highest BCUT2D eigenvalue weighted by Crippen LogP contribution is 2.07. The summed E-state index contributed by atoms with van der Waals surface area (Å²) in [7, 11) is 0. The van der Waals surface area contributed by atoms with Gasteiger partial charge in [-0.25, -0.2) is 8.78 Å². The number of nitrogens with zero attached hydrogens (tertiary/aromatic N) is 1. The molecule has 1 unspecified atom stereocenters. The van der Waals surface area contributed by atoms with E-state index in [2.05, 4.69) is 0 Å². The average molecular weight is 286 g/mol. The van der Waals surface area contributed by atoms with E-state index in [0.29, 0.717) is 12.8 Å². The maximum atomic E-state index is 12.4. The number of benzene rings is 1. The van der Waals surface area contributed by atoms with Gasteiger partial charge in [0.2, 0.25) is 5.91 Å². The van der Waals surface area contributed by atoms with Crippen LogP contribution in [0.5, 0.6) is 0 Å². The van der Waals surface area contributed by atoms with Crippen molar-refractivity contribution in [1.82, 2.24) is 4.90 Å². The Hall–Kier alpha value is -1.53. The molecule has 0 aliphatic heterocycles. The number of alkyl halides is 2. The van der Waals surface area contributed by atoms with Gasteiger partial charge in [0.25, 0.3) is 6.43 Å².